The standard InChI is InChI=1S/C19H26N4O2/c1-14-10-20-13-23(19(14)24)11-15-6-8-22(9-7-15)12-18-21-16-4-2-3-5-17(16)25-18/h10,13,15H,2-9,11-12H2,1H3. The van der Waals surface area contributed by atoms with Crippen LogP contribution < -0.4 is 5.56 Å². The first kappa shape index (κ1) is 16.5. The Hall–Kier alpha value is -1.95. The van der Waals surface area contributed by atoms with E-state index in [2.05, 4.69) is 9.88 Å². The maximum atomic E-state index is 12.1. The molecule has 0 spiro atoms. The van der Waals surface area contributed by atoms with E-state index >= 15 is 0 Å². The largest absolute Gasteiger partial charge is 0.444 e. The minimum absolute atomic E-state index is 0.0859. The lowest BCUT2D eigenvalue weighted by atomic mass is 9.96. The molecule has 2 aromatic rings. The van der Waals surface area contributed by atoms with Crippen LogP contribution in [-0.2, 0) is 25.9 Å². The highest BCUT2D eigenvalue weighted by atomic mass is 16.4. The zero-order chi connectivity index (χ0) is 17.2. The minimum Gasteiger partial charge on any atom is -0.444 e. The summed E-state index contributed by atoms with van der Waals surface area (Å²) in [7, 11) is 0. The Morgan fingerprint density at radius 2 is 2.04 bits per heavy atom. The Kier molecular flexibility index (Phi) is 4.70. The number of likely N-dealkylation sites (tertiary alicyclic amines) is 1. The molecule has 134 valence electrons. The van der Waals surface area contributed by atoms with E-state index in [1.165, 1.54) is 18.5 Å². The summed E-state index contributed by atoms with van der Waals surface area (Å²) < 4.78 is 7.72. The number of hydrogen-bond acceptors (Lipinski definition) is 5. The van der Waals surface area contributed by atoms with Crippen LogP contribution in [0.2, 0.25) is 0 Å². The van der Waals surface area contributed by atoms with Gasteiger partial charge in [0.05, 0.1) is 18.6 Å². The lowest BCUT2D eigenvalue weighted by Gasteiger charge is -2.31. The maximum absolute atomic E-state index is 12.1. The number of nitrogens with zero attached hydrogens (tertiary/aromatic N) is 4. The van der Waals surface area contributed by atoms with Gasteiger partial charge < -0.3 is 4.42 Å². The molecule has 0 bridgehead atoms. The van der Waals surface area contributed by atoms with Crippen LogP contribution in [0.25, 0.3) is 0 Å². The van der Waals surface area contributed by atoms with Crippen LogP contribution in [0.4, 0.5) is 0 Å². The van der Waals surface area contributed by atoms with Gasteiger partial charge in [0, 0.05) is 24.7 Å². The molecule has 1 fully saturated rings. The third kappa shape index (κ3) is 3.68. The number of piperidine rings is 1. The predicted molar refractivity (Wildman–Crippen MR) is 94.4 cm³/mol. The van der Waals surface area contributed by atoms with Crippen molar-refractivity contribution in [3.63, 3.8) is 0 Å². The highest BCUT2D eigenvalue weighted by Gasteiger charge is 2.23. The molecule has 1 saturated heterocycles. The molecule has 6 heteroatoms. The number of aromatic nitrogens is 3. The van der Waals surface area contributed by atoms with E-state index in [0.717, 1.165) is 63.5 Å². The van der Waals surface area contributed by atoms with Gasteiger partial charge in [0.15, 0.2) is 0 Å². The van der Waals surface area contributed by atoms with Crippen molar-refractivity contribution in [1.82, 2.24) is 19.4 Å². The van der Waals surface area contributed by atoms with Crippen molar-refractivity contribution in [2.45, 2.75) is 58.5 Å². The van der Waals surface area contributed by atoms with Crippen molar-refractivity contribution >= 4 is 0 Å². The van der Waals surface area contributed by atoms with E-state index in [-0.39, 0.29) is 5.56 Å². The summed E-state index contributed by atoms with van der Waals surface area (Å²) in [6, 6.07) is 0. The molecule has 6 nitrogen and oxygen atoms in total. The first-order valence-electron chi connectivity index (χ1n) is 9.40. The van der Waals surface area contributed by atoms with Crippen molar-refractivity contribution in [2.75, 3.05) is 13.1 Å². The van der Waals surface area contributed by atoms with Crippen molar-refractivity contribution in [3.05, 3.63) is 45.8 Å². The molecule has 25 heavy (non-hydrogen) atoms. The molecule has 1 aliphatic heterocycles. The van der Waals surface area contributed by atoms with Crippen LogP contribution in [0, 0.1) is 12.8 Å². The van der Waals surface area contributed by atoms with Crippen LogP contribution in [0.5, 0.6) is 0 Å². The molecular formula is C19H26N4O2. The zero-order valence-corrected chi connectivity index (χ0v) is 14.9. The topological polar surface area (TPSA) is 64.2 Å². The zero-order valence-electron chi connectivity index (χ0n) is 14.9. The Bertz CT molecular complexity index is 763. The Morgan fingerprint density at radius 3 is 2.84 bits per heavy atom. The van der Waals surface area contributed by atoms with Crippen molar-refractivity contribution in [2.24, 2.45) is 5.92 Å². The lowest BCUT2D eigenvalue weighted by molar-refractivity contribution is 0.153. The molecule has 0 aromatic carbocycles. The van der Waals surface area contributed by atoms with E-state index in [0.29, 0.717) is 11.5 Å². The molecule has 0 atom stereocenters. The number of fused-ring (bicyclic) bond motifs is 1. The smallest absolute Gasteiger partial charge is 0.256 e. The molecule has 0 amide bonds. The predicted octanol–water partition coefficient (Wildman–Crippen LogP) is 2.33. The van der Waals surface area contributed by atoms with Crippen LogP contribution in [-0.4, -0.2) is 32.5 Å². The van der Waals surface area contributed by atoms with Crippen molar-refractivity contribution in [3.8, 4) is 0 Å². The number of hydrogen-bond donors (Lipinski definition) is 0. The fourth-order valence-electron chi connectivity index (χ4n) is 3.96. The van der Waals surface area contributed by atoms with Crippen LogP contribution >= 0.6 is 0 Å². The fraction of sp³-hybridized carbons (Fsp3) is 0.632. The van der Waals surface area contributed by atoms with Crippen molar-refractivity contribution < 1.29 is 4.42 Å². The van der Waals surface area contributed by atoms with Gasteiger partial charge in [-0.1, -0.05) is 0 Å². The summed E-state index contributed by atoms with van der Waals surface area (Å²) in [6.07, 6.45) is 10.1. The number of oxazole rings is 1. The fourth-order valence-corrected chi connectivity index (χ4v) is 3.96. The number of rotatable bonds is 4. The first-order valence-corrected chi connectivity index (χ1v) is 9.40. The summed E-state index contributed by atoms with van der Waals surface area (Å²) in [6.45, 7) is 5.47. The van der Waals surface area contributed by atoms with Gasteiger partial charge in [-0.05, 0) is 58.0 Å². The normalized spacial score (nSPS) is 19.1. The second-order valence-corrected chi connectivity index (χ2v) is 7.44. The third-order valence-electron chi connectivity index (χ3n) is 5.48. The Labute approximate surface area is 147 Å². The van der Waals surface area contributed by atoms with Gasteiger partial charge in [-0.2, -0.15) is 0 Å². The summed E-state index contributed by atoms with van der Waals surface area (Å²) in [5, 5.41) is 0. The minimum atomic E-state index is 0.0859. The SMILES string of the molecule is Cc1cncn(CC2CCN(Cc3nc4c(o3)CCCC4)CC2)c1=O. The quantitative estimate of drug-likeness (QED) is 0.853. The average Bonchev–Trinajstić information content (AvgIpc) is 3.03. The Morgan fingerprint density at radius 1 is 1.24 bits per heavy atom. The van der Waals surface area contributed by atoms with Gasteiger partial charge in [0.1, 0.15) is 5.76 Å². The van der Waals surface area contributed by atoms with E-state index in [4.69, 9.17) is 9.40 Å². The van der Waals surface area contributed by atoms with E-state index in [9.17, 15) is 4.79 Å². The second-order valence-electron chi connectivity index (χ2n) is 7.44. The van der Waals surface area contributed by atoms with Gasteiger partial charge in [-0.25, -0.2) is 9.97 Å². The average molecular weight is 342 g/mol. The number of aryl methyl sites for hydroxylation is 3. The summed E-state index contributed by atoms with van der Waals surface area (Å²) in [5.74, 6) is 2.53. The summed E-state index contributed by atoms with van der Waals surface area (Å²) in [5.41, 5.74) is 1.98. The van der Waals surface area contributed by atoms with Crippen LogP contribution in [0.1, 0.15) is 48.6 Å². The molecule has 0 radical (unpaired) electrons. The van der Waals surface area contributed by atoms with Crippen LogP contribution in [0.3, 0.4) is 0 Å². The van der Waals surface area contributed by atoms with E-state index in [1.54, 1.807) is 17.1 Å². The lowest BCUT2D eigenvalue weighted by Crippen LogP contribution is -2.36. The molecular weight excluding hydrogens is 316 g/mol. The highest BCUT2D eigenvalue weighted by Crippen LogP contribution is 2.24. The molecule has 0 saturated carbocycles. The summed E-state index contributed by atoms with van der Waals surface area (Å²) in [4.78, 5) is 23.4. The molecule has 2 aromatic heterocycles. The van der Waals surface area contributed by atoms with E-state index in [1.807, 2.05) is 6.92 Å². The monoisotopic (exact) mass is 342 g/mol. The molecule has 0 N–H and O–H groups in total. The highest BCUT2D eigenvalue weighted by molar-refractivity contribution is 5.13. The maximum Gasteiger partial charge on any atom is 0.256 e. The second kappa shape index (κ2) is 7.12. The summed E-state index contributed by atoms with van der Waals surface area (Å²) >= 11 is 0. The van der Waals surface area contributed by atoms with Crippen LogP contribution in [0.15, 0.2) is 21.7 Å². The van der Waals surface area contributed by atoms with Gasteiger partial charge in [0.2, 0.25) is 5.89 Å². The van der Waals surface area contributed by atoms with E-state index < -0.39 is 0 Å². The van der Waals surface area contributed by atoms with Gasteiger partial charge in [0.25, 0.3) is 5.56 Å². The van der Waals surface area contributed by atoms with Gasteiger partial charge in [-0.3, -0.25) is 14.3 Å². The molecule has 1 aliphatic carbocycles. The molecule has 2 aliphatic rings. The molecule has 4 rings (SSSR count). The van der Waals surface area contributed by atoms with Gasteiger partial charge in [-0.15, -0.1) is 0 Å². The Balaban J connectivity index is 1.31. The molecule has 3 heterocycles. The molecule has 0 unspecified atom stereocenters. The third-order valence-corrected chi connectivity index (χ3v) is 5.48. The van der Waals surface area contributed by atoms with Gasteiger partial charge >= 0.3 is 0 Å². The first-order chi connectivity index (χ1) is 12.2. The van der Waals surface area contributed by atoms with Crippen molar-refractivity contribution in [1.29, 1.82) is 0 Å².